The molecule has 0 amide bonds. The van der Waals surface area contributed by atoms with E-state index in [2.05, 4.69) is 27.8 Å². The Kier molecular flexibility index (Phi) is 4.29. The predicted molar refractivity (Wildman–Crippen MR) is 64.2 cm³/mol. The highest BCUT2D eigenvalue weighted by atomic mass is 79.9. The molecule has 1 rings (SSSR count). The SMILES string of the molecule is C=C(Cl)CNc1cc(Br)cc(OC)c1. The Balaban J connectivity index is 2.76. The lowest BCUT2D eigenvalue weighted by Gasteiger charge is -2.08. The van der Waals surface area contributed by atoms with Gasteiger partial charge in [-0.1, -0.05) is 34.1 Å². The van der Waals surface area contributed by atoms with Crippen molar-refractivity contribution in [3.8, 4) is 5.75 Å². The zero-order valence-corrected chi connectivity index (χ0v) is 10.2. The van der Waals surface area contributed by atoms with E-state index >= 15 is 0 Å². The van der Waals surface area contributed by atoms with E-state index in [-0.39, 0.29) is 0 Å². The van der Waals surface area contributed by atoms with Gasteiger partial charge in [0, 0.05) is 21.3 Å². The number of hydrogen-bond acceptors (Lipinski definition) is 2. The smallest absolute Gasteiger partial charge is 0.122 e. The minimum absolute atomic E-state index is 0.543. The van der Waals surface area contributed by atoms with Gasteiger partial charge in [-0.05, 0) is 12.1 Å². The van der Waals surface area contributed by atoms with Crippen LogP contribution >= 0.6 is 27.5 Å². The summed E-state index contributed by atoms with van der Waals surface area (Å²) in [7, 11) is 1.63. The minimum Gasteiger partial charge on any atom is -0.497 e. The average molecular weight is 277 g/mol. The lowest BCUT2D eigenvalue weighted by Crippen LogP contribution is -2.00. The molecule has 0 aliphatic rings. The maximum Gasteiger partial charge on any atom is 0.122 e. The first-order valence-corrected chi connectivity index (χ1v) is 5.20. The molecule has 0 spiro atoms. The maximum atomic E-state index is 5.64. The van der Waals surface area contributed by atoms with Crippen LogP contribution in [0.25, 0.3) is 0 Å². The number of ether oxygens (including phenoxy) is 1. The van der Waals surface area contributed by atoms with Crippen LogP contribution in [-0.2, 0) is 0 Å². The van der Waals surface area contributed by atoms with Crippen molar-refractivity contribution in [1.29, 1.82) is 0 Å². The molecule has 0 saturated carbocycles. The first kappa shape index (κ1) is 11.4. The van der Waals surface area contributed by atoms with Gasteiger partial charge in [-0.25, -0.2) is 0 Å². The van der Waals surface area contributed by atoms with Gasteiger partial charge in [0.2, 0.25) is 0 Å². The van der Waals surface area contributed by atoms with Gasteiger partial charge in [0.25, 0.3) is 0 Å². The summed E-state index contributed by atoms with van der Waals surface area (Å²) in [6.07, 6.45) is 0. The molecule has 1 N–H and O–H groups in total. The molecule has 0 aliphatic heterocycles. The summed E-state index contributed by atoms with van der Waals surface area (Å²) in [5.74, 6) is 0.794. The van der Waals surface area contributed by atoms with Crippen LogP contribution in [0.2, 0.25) is 0 Å². The van der Waals surface area contributed by atoms with Gasteiger partial charge < -0.3 is 10.1 Å². The molecule has 1 aromatic rings. The van der Waals surface area contributed by atoms with Crippen molar-refractivity contribution in [2.75, 3.05) is 19.0 Å². The van der Waals surface area contributed by atoms with Crippen LogP contribution in [-0.4, -0.2) is 13.7 Å². The highest BCUT2D eigenvalue weighted by Crippen LogP contribution is 2.24. The van der Waals surface area contributed by atoms with E-state index in [9.17, 15) is 0 Å². The van der Waals surface area contributed by atoms with Gasteiger partial charge in [-0.3, -0.25) is 0 Å². The van der Waals surface area contributed by atoms with Crippen LogP contribution in [0.3, 0.4) is 0 Å². The van der Waals surface area contributed by atoms with E-state index in [1.807, 2.05) is 18.2 Å². The molecule has 76 valence electrons. The van der Waals surface area contributed by atoms with Crippen LogP contribution in [0.1, 0.15) is 0 Å². The summed E-state index contributed by atoms with van der Waals surface area (Å²) in [5, 5.41) is 3.69. The monoisotopic (exact) mass is 275 g/mol. The van der Waals surface area contributed by atoms with Gasteiger partial charge in [-0.15, -0.1) is 0 Å². The zero-order chi connectivity index (χ0) is 10.6. The third kappa shape index (κ3) is 3.60. The van der Waals surface area contributed by atoms with Gasteiger partial charge in [0.15, 0.2) is 0 Å². The van der Waals surface area contributed by atoms with Crippen molar-refractivity contribution in [3.05, 3.63) is 34.3 Å². The Labute approximate surface area is 97.0 Å². The summed E-state index contributed by atoms with van der Waals surface area (Å²) in [4.78, 5) is 0. The van der Waals surface area contributed by atoms with E-state index in [1.165, 1.54) is 0 Å². The Hall–Kier alpha value is -0.670. The number of nitrogens with one attached hydrogen (secondary N) is 1. The third-order valence-corrected chi connectivity index (χ3v) is 2.18. The van der Waals surface area contributed by atoms with E-state index in [0.717, 1.165) is 15.9 Å². The number of hydrogen-bond donors (Lipinski definition) is 1. The summed E-state index contributed by atoms with van der Waals surface area (Å²) in [6.45, 7) is 4.14. The van der Waals surface area contributed by atoms with Gasteiger partial charge in [0.1, 0.15) is 5.75 Å². The second-order valence-electron chi connectivity index (χ2n) is 2.75. The van der Waals surface area contributed by atoms with Crippen molar-refractivity contribution in [3.63, 3.8) is 0 Å². The lowest BCUT2D eigenvalue weighted by atomic mass is 10.3. The fraction of sp³-hybridized carbons (Fsp3) is 0.200. The minimum atomic E-state index is 0.543. The average Bonchev–Trinajstić information content (AvgIpc) is 2.14. The van der Waals surface area contributed by atoms with E-state index < -0.39 is 0 Å². The number of anilines is 1. The normalized spacial score (nSPS) is 9.64. The van der Waals surface area contributed by atoms with Crippen LogP contribution in [0.4, 0.5) is 5.69 Å². The maximum absolute atomic E-state index is 5.64. The summed E-state index contributed by atoms with van der Waals surface area (Å²) >= 11 is 9.03. The van der Waals surface area contributed by atoms with Gasteiger partial charge >= 0.3 is 0 Å². The number of methoxy groups -OCH3 is 1. The molecular weight excluding hydrogens is 265 g/mol. The molecule has 1 aromatic carbocycles. The zero-order valence-electron chi connectivity index (χ0n) is 7.81. The molecule has 0 unspecified atom stereocenters. The Bertz CT molecular complexity index is 341. The molecule has 0 bridgehead atoms. The van der Waals surface area contributed by atoms with E-state index in [1.54, 1.807) is 7.11 Å². The lowest BCUT2D eigenvalue weighted by molar-refractivity contribution is 0.414. The summed E-state index contributed by atoms with van der Waals surface area (Å²) in [6, 6.07) is 5.73. The molecule has 0 aliphatic carbocycles. The standard InChI is InChI=1S/C10H11BrClNO/c1-7(12)6-13-9-3-8(11)4-10(5-9)14-2/h3-5,13H,1,6H2,2H3. The van der Waals surface area contributed by atoms with Crippen LogP contribution in [0.5, 0.6) is 5.75 Å². The van der Waals surface area contributed by atoms with Gasteiger partial charge in [0.05, 0.1) is 13.7 Å². The Morgan fingerprint density at radius 2 is 2.29 bits per heavy atom. The van der Waals surface area contributed by atoms with Gasteiger partial charge in [-0.2, -0.15) is 0 Å². The fourth-order valence-electron chi connectivity index (χ4n) is 0.981. The fourth-order valence-corrected chi connectivity index (χ4v) is 1.52. The molecule has 0 heterocycles. The first-order valence-electron chi connectivity index (χ1n) is 4.03. The van der Waals surface area contributed by atoms with E-state index in [0.29, 0.717) is 11.6 Å². The Morgan fingerprint density at radius 1 is 1.57 bits per heavy atom. The van der Waals surface area contributed by atoms with Crippen molar-refractivity contribution < 1.29 is 4.74 Å². The second kappa shape index (κ2) is 5.27. The molecule has 2 nitrogen and oxygen atoms in total. The van der Waals surface area contributed by atoms with Crippen molar-refractivity contribution in [2.24, 2.45) is 0 Å². The number of benzene rings is 1. The molecule has 0 saturated heterocycles. The van der Waals surface area contributed by atoms with Crippen molar-refractivity contribution >= 4 is 33.2 Å². The number of rotatable bonds is 4. The molecule has 4 heteroatoms. The molecule has 0 fully saturated rings. The van der Waals surface area contributed by atoms with Crippen LogP contribution in [0, 0.1) is 0 Å². The highest BCUT2D eigenvalue weighted by molar-refractivity contribution is 9.10. The second-order valence-corrected chi connectivity index (χ2v) is 4.20. The van der Waals surface area contributed by atoms with E-state index in [4.69, 9.17) is 16.3 Å². The predicted octanol–water partition coefficient (Wildman–Crippen LogP) is 3.62. The first-order chi connectivity index (χ1) is 6.61. The molecule has 14 heavy (non-hydrogen) atoms. The molecule has 0 radical (unpaired) electrons. The summed E-state index contributed by atoms with van der Waals surface area (Å²) < 4.78 is 6.07. The highest BCUT2D eigenvalue weighted by Gasteiger charge is 1.99. The van der Waals surface area contributed by atoms with Crippen LogP contribution < -0.4 is 10.1 Å². The van der Waals surface area contributed by atoms with Crippen LogP contribution in [0.15, 0.2) is 34.3 Å². The topological polar surface area (TPSA) is 21.3 Å². The molecular formula is C10H11BrClNO. The van der Waals surface area contributed by atoms with Crippen molar-refractivity contribution in [1.82, 2.24) is 0 Å². The van der Waals surface area contributed by atoms with Crippen molar-refractivity contribution in [2.45, 2.75) is 0 Å². The largest absolute Gasteiger partial charge is 0.497 e. The third-order valence-electron chi connectivity index (χ3n) is 1.59. The summed E-state index contributed by atoms with van der Waals surface area (Å²) in [5.41, 5.74) is 0.943. The molecule has 0 atom stereocenters. The quantitative estimate of drug-likeness (QED) is 0.907. The molecule has 0 aromatic heterocycles. The Morgan fingerprint density at radius 3 is 2.86 bits per heavy atom. The number of halogens is 2.